The third-order valence-corrected chi connectivity index (χ3v) is 6.23. The number of sulfonamides is 1. The van der Waals surface area contributed by atoms with Crippen molar-refractivity contribution < 1.29 is 8.42 Å². The second kappa shape index (κ2) is 7.49. The van der Waals surface area contributed by atoms with Gasteiger partial charge in [-0.25, -0.2) is 13.1 Å². The third-order valence-electron chi connectivity index (χ3n) is 4.74. The molecule has 2 rings (SSSR count). The fraction of sp³-hybridized carbons (Fsp3) is 0.400. The highest BCUT2D eigenvalue weighted by atomic mass is 32.2. The molecule has 0 aromatic heterocycles. The molecule has 4 heteroatoms. The highest BCUT2D eigenvalue weighted by molar-refractivity contribution is 7.89. The molecule has 2 aromatic carbocycles. The maximum Gasteiger partial charge on any atom is 0.241 e. The average Bonchev–Trinajstić information content (AvgIpc) is 2.60. The summed E-state index contributed by atoms with van der Waals surface area (Å²) < 4.78 is 28.2. The van der Waals surface area contributed by atoms with Crippen LogP contribution in [0.15, 0.2) is 59.5 Å². The monoisotopic (exact) mass is 345 g/mol. The van der Waals surface area contributed by atoms with E-state index in [4.69, 9.17) is 0 Å². The maximum atomic E-state index is 12.7. The van der Waals surface area contributed by atoms with Crippen LogP contribution in [0.25, 0.3) is 0 Å². The Labute approximate surface area is 146 Å². The molecule has 0 heterocycles. The van der Waals surface area contributed by atoms with E-state index < -0.39 is 10.0 Å². The van der Waals surface area contributed by atoms with E-state index in [1.807, 2.05) is 49.4 Å². The lowest BCUT2D eigenvalue weighted by molar-refractivity contribution is 0.505. The molecule has 1 unspecified atom stereocenters. The van der Waals surface area contributed by atoms with Crippen molar-refractivity contribution in [3.8, 4) is 0 Å². The molecule has 0 aliphatic carbocycles. The van der Waals surface area contributed by atoms with Crippen molar-refractivity contribution in [3.63, 3.8) is 0 Å². The Morgan fingerprint density at radius 1 is 0.958 bits per heavy atom. The van der Waals surface area contributed by atoms with Crippen LogP contribution in [0.5, 0.6) is 0 Å². The van der Waals surface area contributed by atoms with Crippen molar-refractivity contribution in [2.45, 2.75) is 56.9 Å². The number of rotatable bonds is 7. The van der Waals surface area contributed by atoms with Crippen LogP contribution in [0.2, 0.25) is 0 Å². The van der Waals surface area contributed by atoms with Crippen molar-refractivity contribution in [2.24, 2.45) is 0 Å². The van der Waals surface area contributed by atoms with Crippen LogP contribution in [0.4, 0.5) is 0 Å². The fourth-order valence-electron chi connectivity index (χ4n) is 2.62. The molecule has 0 aliphatic heterocycles. The summed E-state index contributed by atoms with van der Waals surface area (Å²) in [4.78, 5) is 0.313. The number of hydrogen-bond donors (Lipinski definition) is 1. The first-order chi connectivity index (χ1) is 11.3. The van der Waals surface area contributed by atoms with Gasteiger partial charge >= 0.3 is 0 Å². The molecule has 24 heavy (non-hydrogen) atoms. The number of hydrogen-bond acceptors (Lipinski definition) is 2. The van der Waals surface area contributed by atoms with E-state index in [0.29, 0.717) is 11.3 Å². The molecule has 0 amide bonds. The van der Waals surface area contributed by atoms with Gasteiger partial charge in [-0.3, -0.25) is 0 Å². The average molecular weight is 346 g/mol. The van der Waals surface area contributed by atoms with Gasteiger partial charge in [-0.05, 0) is 41.5 Å². The first kappa shape index (κ1) is 18.7. The van der Waals surface area contributed by atoms with E-state index in [1.165, 1.54) is 0 Å². The van der Waals surface area contributed by atoms with Gasteiger partial charge in [0.1, 0.15) is 0 Å². The molecule has 0 aliphatic rings. The Hall–Kier alpha value is -1.65. The van der Waals surface area contributed by atoms with Gasteiger partial charge in [-0.2, -0.15) is 0 Å². The summed E-state index contributed by atoms with van der Waals surface area (Å²) >= 11 is 0. The van der Waals surface area contributed by atoms with Crippen LogP contribution in [-0.4, -0.2) is 8.42 Å². The zero-order valence-corrected chi connectivity index (χ0v) is 15.7. The molecule has 2 aromatic rings. The molecule has 0 spiro atoms. The van der Waals surface area contributed by atoms with Crippen LogP contribution in [0.3, 0.4) is 0 Å². The van der Waals surface area contributed by atoms with Gasteiger partial charge in [0.15, 0.2) is 0 Å². The van der Waals surface area contributed by atoms with Crippen molar-refractivity contribution in [1.82, 2.24) is 4.72 Å². The van der Waals surface area contributed by atoms with Gasteiger partial charge in [-0.1, -0.05) is 70.2 Å². The summed E-state index contributed by atoms with van der Waals surface area (Å²) in [6.07, 6.45) is 1.70. The van der Waals surface area contributed by atoms with Gasteiger partial charge in [0, 0.05) is 6.04 Å². The number of nitrogens with one attached hydrogen (secondary N) is 1. The van der Waals surface area contributed by atoms with Crippen LogP contribution in [0.1, 0.15) is 57.7 Å². The molecule has 0 fully saturated rings. The summed E-state index contributed by atoms with van der Waals surface area (Å²) in [5.41, 5.74) is 2.18. The van der Waals surface area contributed by atoms with Crippen LogP contribution in [0, 0.1) is 0 Å². The molecule has 0 bridgehead atoms. The zero-order valence-electron chi connectivity index (χ0n) is 14.9. The quantitative estimate of drug-likeness (QED) is 0.783. The van der Waals surface area contributed by atoms with E-state index in [1.54, 1.807) is 12.1 Å². The van der Waals surface area contributed by atoms with E-state index in [0.717, 1.165) is 17.5 Å². The van der Waals surface area contributed by atoms with Gasteiger partial charge in [0.25, 0.3) is 0 Å². The van der Waals surface area contributed by atoms with Crippen LogP contribution < -0.4 is 4.72 Å². The van der Waals surface area contributed by atoms with Crippen LogP contribution in [-0.2, 0) is 15.4 Å². The van der Waals surface area contributed by atoms with Gasteiger partial charge in [0.05, 0.1) is 4.90 Å². The molecule has 0 saturated carbocycles. The standard InChI is InChI=1S/C20H27NO2S/c1-5-19(16-10-8-7-9-11-16)21-24(22,23)18-14-12-17(13-15-18)20(3,4)6-2/h7-15,19,21H,5-6H2,1-4H3. The topological polar surface area (TPSA) is 46.2 Å². The smallest absolute Gasteiger partial charge is 0.207 e. The summed E-state index contributed by atoms with van der Waals surface area (Å²) in [6, 6.07) is 16.7. The van der Waals surface area contributed by atoms with E-state index in [9.17, 15) is 8.42 Å². The largest absolute Gasteiger partial charge is 0.241 e. The van der Waals surface area contributed by atoms with Crippen molar-refractivity contribution in [2.75, 3.05) is 0 Å². The molecule has 130 valence electrons. The minimum absolute atomic E-state index is 0.0473. The van der Waals surface area contributed by atoms with Gasteiger partial charge in [0.2, 0.25) is 10.0 Å². The lowest BCUT2D eigenvalue weighted by Gasteiger charge is -2.23. The second-order valence-electron chi connectivity index (χ2n) is 6.75. The van der Waals surface area contributed by atoms with E-state index in [2.05, 4.69) is 25.5 Å². The fourth-order valence-corrected chi connectivity index (χ4v) is 3.92. The summed E-state index contributed by atoms with van der Waals surface area (Å²) in [6.45, 7) is 8.44. The molecular formula is C20H27NO2S. The Morgan fingerprint density at radius 2 is 1.54 bits per heavy atom. The third kappa shape index (κ3) is 4.25. The van der Waals surface area contributed by atoms with Gasteiger partial charge in [-0.15, -0.1) is 0 Å². The highest BCUT2D eigenvalue weighted by Gasteiger charge is 2.22. The SMILES string of the molecule is CCC(NS(=O)(=O)c1ccc(C(C)(C)CC)cc1)c1ccccc1. The lowest BCUT2D eigenvalue weighted by Crippen LogP contribution is -2.28. The first-order valence-electron chi connectivity index (χ1n) is 8.48. The lowest BCUT2D eigenvalue weighted by atomic mass is 9.82. The molecule has 0 saturated heterocycles. The Bertz CT molecular complexity index is 750. The van der Waals surface area contributed by atoms with Gasteiger partial charge < -0.3 is 0 Å². The zero-order chi connectivity index (χ0) is 17.8. The molecule has 3 nitrogen and oxygen atoms in total. The molecular weight excluding hydrogens is 318 g/mol. The molecule has 0 radical (unpaired) electrons. The highest BCUT2D eigenvalue weighted by Crippen LogP contribution is 2.28. The molecule has 1 atom stereocenters. The summed E-state index contributed by atoms with van der Waals surface area (Å²) in [7, 11) is -3.54. The normalized spacial score (nSPS) is 13.7. The maximum absolute atomic E-state index is 12.7. The second-order valence-corrected chi connectivity index (χ2v) is 8.47. The Balaban J connectivity index is 2.24. The summed E-state index contributed by atoms with van der Waals surface area (Å²) in [5.74, 6) is 0. The summed E-state index contributed by atoms with van der Waals surface area (Å²) in [5, 5.41) is 0. The predicted molar refractivity (Wildman–Crippen MR) is 99.6 cm³/mol. The van der Waals surface area contributed by atoms with Crippen LogP contribution >= 0.6 is 0 Å². The Morgan fingerprint density at radius 3 is 2.04 bits per heavy atom. The Kier molecular flexibility index (Phi) is 5.83. The minimum atomic E-state index is -3.54. The van der Waals surface area contributed by atoms with Crippen molar-refractivity contribution in [1.29, 1.82) is 0 Å². The first-order valence-corrected chi connectivity index (χ1v) is 9.96. The predicted octanol–water partition coefficient (Wildman–Crippen LogP) is 4.80. The van der Waals surface area contributed by atoms with E-state index >= 15 is 0 Å². The van der Waals surface area contributed by atoms with Crippen molar-refractivity contribution in [3.05, 3.63) is 65.7 Å². The number of benzene rings is 2. The van der Waals surface area contributed by atoms with E-state index in [-0.39, 0.29) is 11.5 Å². The molecule has 1 N–H and O–H groups in total. The minimum Gasteiger partial charge on any atom is -0.207 e. The van der Waals surface area contributed by atoms with Crippen molar-refractivity contribution >= 4 is 10.0 Å².